The zero-order chi connectivity index (χ0) is 22.9. The lowest BCUT2D eigenvalue weighted by Gasteiger charge is -2.29. The highest BCUT2D eigenvalue weighted by atomic mass is 32.2. The van der Waals surface area contributed by atoms with E-state index >= 15 is 0 Å². The van der Waals surface area contributed by atoms with Gasteiger partial charge in [0.2, 0.25) is 10.0 Å². The van der Waals surface area contributed by atoms with Crippen LogP contribution in [-0.4, -0.2) is 62.6 Å². The van der Waals surface area contributed by atoms with Gasteiger partial charge in [-0.15, -0.1) is 0 Å². The molecule has 1 unspecified atom stereocenters. The molecule has 0 aliphatic carbocycles. The molecule has 0 N–H and O–H groups in total. The Morgan fingerprint density at radius 1 is 1.12 bits per heavy atom. The highest BCUT2D eigenvalue weighted by Gasteiger charge is 2.35. The molecule has 2 aliphatic heterocycles. The molecule has 0 spiro atoms. The van der Waals surface area contributed by atoms with Gasteiger partial charge in [0.15, 0.2) is 9.84 Å². The fraction of sp³-hybridized carbons (Fsp3) is 0.435. The summed E-state index contributed by atoms with van der Waals surface area (Å²) in [5.74, 6) is -0.282. The van der Waals surface area contributed by atoms with Crippen LogP contribution in [0, 0.1) is 0 Å². The maximum absolute atomic E-state index is 13.3. The van der Waals surface area contributed by atoms with E-state index in [-0.39, 0.29) is 33.9 Å². The fourth-order valence-corrected chi connectivity index (χ4v) is 7.69. The molecular formula is C23H28N2O5S2. The van der Waals surface area contributed by atoms with Crippen LogP contribution in [-0.2, 0) is 32.8 Å². The first kappa shape index (κ1) is 22.9. The largest absolute Gasteiger partial charge is 0.335 e. The monoisotopic (exact) mass is 476 g/mol. The van der Waals surface area contributed by atoms with Gasteiger partial charge < -0.3 is 4.90 Å². The Balaban J connectivity index is 1.59. The SMILES string of the molecule is CCCN(C(=O)c1cccc(S(=O)(=O)N2CCc3ccccc3C2)c1)C1CCS(=O)(=O)C1. The summed E-state index contributed by atoms with van der Waals surface area (Å²) in [4.78, 5) is 14.9. The number of amides is 1. The van der Waals surface area contributed by atoms with Crippen LogP contribution < -0.4 is 0 Å². The third-order valence-corrected chi connectivity index (χ3v) is 9.78. The first-order chi connectivity index (χ1) is 15.2. The lowest BCUT2D eigenvalue weighted by atomic mass is 10.0. The first-order valence-corrected chi connectivity index (χ1v) is 14.2. The van der Waals surface area contributed by atoms with Crippen molar-refractivity contribution in [3.05, 3.63) is 65.2 Å². The maximum Gasteiger partial charge on any atom is 0.254 e. The number of sulfonamides is 1. The van der Waals surface area contributed by atoms with Gasteiger partial charge in [-0.05, 0) is 48.6 Å². The van der Waals surface area contributed by atoms with Gasteiger partial charge in [0, 0.05) is 31.2 Å². The minimum atomic E-state index is -3.77. The molecule has 1 fully saturated rings. The molecule has 1 atom stereocenters. The number of hydrogen-bond donors (Lipinski definition) is 0. The topological polar surface area (TPSA) is 91.8 Å². The van der Waals surface area contributed by atoms with Crippen molar-refractivity contribution in [2.45, 2.75) is 43.7 Å². The van der Waals surface area contributed by atoms with Crippen molar-refractivity contribution in [3.63, 3.8) is 0 Å². The first-order valence-electron chi connectivity index (χ1n) is 10.9. The standard InChI is InChI=1S/C23H28N2O5S2/c1-2-12-25(21-11-14-31(27,28)17-21)23(26)19-8-5-9-22(15-19)32(29,30)24-13-10-18-6-3-4-7-20(18)16-24/h3-9,15,21H,2,10-14,16-17H2,1H3. The maximum atomic E-state index is 13.3. The quantitative estimate of drug-likeness (QED) is 0.639. The van der Waals surface area contributed by atoms with Crippen molar-refractivity contribution in [2.24, 2.45) is 0 Å². The molecule has 1 saturated heterocycles. The predicted molar refractivity (Wildman–Crippen MR) is 123 cm³/mol. The highest BCUT2D eigenvalue weighted by Crippen LogP contribution is 2.26. The Bertz CT molecular complexity index is 1220. The van der Waals surface area contributed by atoms with Crippen LogP contribution in [0.15, 0.2) is 53.4 Å². The third-order valence-electron chi connectivity index (χ3n) is 6.19. The molecule has 32 heavy (non-hydrogen) atoms. The summed E-state index contributed by atoms with van der Waals surface area (Å²) in [7, 11) is -6.91. The number of sulfone groups is 1. The van der Waals surface area contributed by atoms with Gasteiger partial charge in [0.25, 0.3) is 5.91 Å². The van der Waals surface area contributed by atoms with Gasteiger partial charge in [-0.25, -0.2) is 16.8 Å². The predicted octanol–water partition coefficient (Wildman–Crippen LogP) is 2.47. The van der Waals surface area contributed by atoms with Gasteiger partial charge in [-0.3, -0.25) is 4.79 Å². The molecule has 2 aromatic rings. The zero-order valence-corrected chi connectivity index (χ0v) is 19.7. The molecule has 0 saturated carbocycles. The molecule has 172 valence electrons. The van der Waals surface area contributed by atoms with Crippen molar-refractivity contribution in [3.8, 4) is 0 Å². The minimum Gasteiger partial charge on any atom is -0.335 e. The van der Waals surface area contributed by atoms with E-state index in [2.05, 4.69) is 0 Å². The number of rotatable bonds is 6. The second-order valence-electron chi connectivity index (χ2n) is 8.44. The Kier molecular flexibility index (Phi) is 6.42. The number of benzene rings is 2. The van der Waals surface area contributed by atoms with Gasteiger partial charge in [-0.1, -0.05) is 37.3 Å². The second kappa shape index (κ2) is 8.96. The lowest BCUT2D eigenvalue weighted by molar-refractivity contribution is 0.0697. The van der Waals surface area contributed by atoms with Gasteiger partial charge in [0.1, 0.15) is 0 Å². The summed E-state index contributed by atoms with van der Waals surface area (Å²) < 4.78 is 52.0. The van der Waals surface area contributed by atoms with E-state index in [1.807, 2.05) is 31.2 Å². The number of carbonyl (C=O) groups is 1. The molecule has 2 aromatic carbocycles. The van der Waals surface area contributed by atoms with Crippen LogP contribution in [0.4, 0.5) is 0 Å². The van der Waals surface area contributed by atoms with E-state index in [1.54, 1.807) is 17.0 Å². The molecule has 2 aliphatic rings. The molecule has 0 aromatic heterocycles. The van der Waals surface area contributed by atoms with E-state index in [4.69, 9.17) is 0 Å². The molecular weight excluding hydrogens is 448 g/mol. The molecule has 2 heterocycles. The smallest absolute Gasteiger partial charge is 0.254 e. The van der Waals surface area contributed by atoms with Gasteiger partial charge >= 0.3 is 0 Å². The van der Waals surface area contributed by atoms with Gasteiger partial charge in [0.05, 0.1) is 16.4 Å². The summed E-state index contributed by atoms with van der Waals surface area (Å²) in [6, 6.07) is 13.5. The van der Waals surface area contributed by atoms with Crippen LogP contribution in [0.2, 0.25) is 0 Å². The number of nitrogens with zero attached hydrogens (tertiary/aromatic N) is 2. The van der Waals surface area contributed by atoms with Crippen molar-refractivity contribution < 1.29 is 21.6 Å². The van der Waals surface area contributed by atoms with Crippen molar-refractivity contribution in [1.29, 1.82) is 0 Å². The highest BCUT2D eigenvalue weighted by molar-refractivity contribution is 7.91. The second-order valence-corrected chi connectivity index (χ2v) is 12.6. The summed E-state index contributed by atoms with van der Waals surface area (Å²) >= 11 is 0. The zero-order valence-electron chi connectivity index (χ0n) is 18.1. The van der Waals surface area contributed by atoms with Crippen LogP contribution >= 0.6 is 0 Å². The van der Waals surface area contributed by atoms with E-state index in [1.165, 1.54) is 16.4 Å². The molecule has 0 radical (unpaired) electrons. The molecule has 0 bridgehead atoms. The minimum absolute atomic E-state index is 0.0378. The van der Waals surface area contributed by atoms with Crippen molar-refractivity contribution in [2.75, 3.05) is 24.6 Å². The van der Waals surface area contributed by atoms with E-state index in [0.717, 1.165) is 11.1 Å². The van der Waals surface area contributed by atoms with Crippen LogP contribution in [0.3, 0.4) is 0 Å². The van der Waals surface area contributed by atoms with Crippen molar-refractivity contribution in [1.82, 2.24) is 9.21 Å². The van der Waals surface area contributed by atoms with Crippen LogP contribution in [0.5, 0.6) is 0 Å². The Morgan fingerprint density at radius 3 is 2.56 bits per heavy atom. The molecule has 4 rings (SSSR count). The third kappa shape index (κ3) is 4.60. The summed E-state index contributed by atoms with van der Waals surface area (Å²) in [5.41, 5.74) is 2.41. The molecule has 9 heteroatoms. The Labute approximate surface area is 190 Å². The molecule has 1 amide bonds. The average molecular weight is 477 g/mol. The average Bonchev–Trinajstić information content (AvgIpc) is 3.16. The summed E-state index contributed by atoms with van der Waals surface area (Å²) in [6.45, 7) is 3.05. The van der Waals surface area contributed by atoms with E-state index < -0.39 is 19.9 Å². The number of fused-ring (bicyclic) bond motifs is 1. The molecule has 7 nitrogen and oxygen atoms in total. The Morgan fingerprint density at radius 2 is 1.88 bits per heavy atom. The summed E-state index contributed by atoms with van der Waals surface area (Å²) in [5, 5.41) is 0. The van der Waals surface area contributed by atoms with Gasteiger partial charge in [-0.2, -0.15) is 4.31 Å². The number of carbonyl (C=O) groups excluding carboxylic acids is 1. The summed E-state index contributed by atoms with van der Waals surface area (Å²) in [6.07, 6.45) is 1.75. The van der Waals surface area contributed by atoms with Crippen LogP contribution in [0.1, 0.15) is 41.3 Å². The van der Waals surface area contributed by atoms with Crippen LogP contribution in [0.25, 0.3) is 0 Å². The van der Waals surface area contributed by atoms with E-state index in [0.29, 0.717) is 38.9 Å². The van der Waals surface area contributed by atoms with E-state index in [9.17, 15) is 21.6 Å². The Hall–Kier alpha value is -2.23. The van der Waals surface area contributed by atoms with Crippen molar-refractivity contribution >= 4 is 25.8 Å². The fourth-order valence-electron chi connectivity index (χ4n) is 4.49. The normalized spacial score (nSPS) is 20.6. The lowest BCUT2D eigenvalue weighted by Crippen LogP contribution is -2.41. The number of hydrogen-bond acceptors (Lipinski definition) is 5.